The fourth-order valence-corrected chi connectivity index (χ4v) is 5.30. The number of sulfonamides is 1. The topological polar surface area (TPSA) is 84.4 Å². The molecule has 4 rings (SSSR count). The van der Waals surface area contributed by atoms with Crippen LogP contribution >= 0.6 is 11.3 Å². The van der Waals surface area contributed by atoms with Crippen molar-refractivity contribution in [2.75, 3.05) is 31.4 Å². The molecule has 1 fully saturated rings. The van der Waals surface area contributed by atoms with Crippen molar-refractivity contribution in [1.29, 1.82) is 0 Å². The van der Waals surface area contributed by atoms with Crippen LogP contribution in [-0.4, -0.2) is 50.9 Å². The van der Waals surface area contributed by atoms with Crippen LogP contribution in [0.4, 0.5) is 5.82 Å². The van der Waals surface area contributed by atoms with Gasteiger partial charge in [-0.3, -0.25) is 0 Å². The summed E-state index contributed by atoms with van der Waals surface area (Å²) >= 11 is 1.66. The molecule has 1 saturated heterocycles. The van der Waals surface area contributed by atoms with Crippen LogP contribution in [0.5, 0.6) is 5.75 Å². The number of nitrogens with one attached hydrogen (secondary N) is 1. The molecule has 1 N–H and O–H groups in total. The zero-order chi connectivity index (χ0) is 20.4. The number of aromatic nitrogens is 2. The number of methoxy groups -OCH3 is 1. The fourth-order valence-electron chi connectivity index (χ4n) is 3.68. The summed E-state index contributed by atoms with van der Waals surface area (Å²) in [7, 11) is -1.57. The van der Waals surface area contributed by atoms with Gasteiger partial charge >= 0.3 is 0 Å². The van der Waals surface area contributed by atoms with Crippen LogP contribution in [0.3, 0.4) is 0 Å². The molecule has 1 unspecified atom stereocenters. The lowest BCUT2D eigenvalue weighted by molar-refractivity contribution is 0.415. The van der Waals surface area contributed by atoms with Gasteiger partial charge in [-0.15, -0.1) is 11.3 Å². The highest BCUT2D eigenvalue weighted by Crippen LogP contribution is 2.38. The predicted molar refractivity (Wildman–Crippen MR) is 117 cm³/mol. The molecule has 1 atom stereocenters. The Morgan fingerprint density at radius 1 is 1.24 bits per heavy atom. The van der Waals surface area contributed by atoms with Crippen LogP contribution in [0.1, 0.15) is 19.3 Å². The van der Waals surface area contributed by atoms with E-state index in [2.05, 4.69) is 25.7 Å². The number of nitrogens with zero attached hydrogens (tertiary/aromatic N) is 3. The van der Waals surface area contributed by atoms with Crippen molar-refractivity contribution in [1.82, 2.24) is 14.7 Å². The standard InChI is InChI=1S/C20H24N4O3S2/c1-27-16-8-6-14(7-9-16)18-11-17-19(28-18)20(22-13-21-17)24-10-4-3-5-15(24)12-23-29(2,25)26/h6-9,11,13,15,23H,3-5,10,12H2,1-2H3. The van der Waals surface area contributed by atoms with Crippen molar-refractivity contribution in [3.8, 4) is 16.2 Å². The first-order valence-electron chi connectivity index (χ1n) is 9.55. The second kappa shape index (κ2) is 8.25. The van der Waals surface area contributed by atoms with Crippen molar-refractivity contribution >= 4 is 37.4 Å². The molecule has 3 aromatic rings. The number of rotatable bonds is 6. The Balaban J connectivity index is 1.68. The number of piperidine rings is 1. The molecule has 0 amide bonds. The van der Waals surface area contributed by atoms with Gasteiger partial charge in [0.1, 0.15) is 17.9 Å². The summed E-state index contributed by atoms with van der Waals surface area (Å²) in [4.78, 5) is 12.4. The van der Waals surface area contributed by atoms with Gasteiger partial charge in [0.2, 0.25) is 10.0 Å². The highest BCUT2D eigenvalue weighted by molar-refractivity contribution is 7.88. The van der Waals surface area contributed by atoms with Gasteiger partial charge in [-0.05, 0) is 55.2 Å². The van der Waals surface area contributed by atoms with Crippen molar-refractivity contribution in [3.63, 3.8) is 0 Å². The van der Waals surface area contributed by atoms with E-state index in [1.807, 2.05) is 24.3 Å². The van der Waals surface area contributed by atoms with E-state index in [-0.39, 0.29) is 6.04 Å². The Morgan fingerprint density at radius 3 is 2.76 bits per heavy atom. The van der Waals surface area contributed by atoms with Gasteiger partial charge in [-0.1, -0.05) is 0 Å². The number of anilines is 1. The second-order valence-electron chi connectivity index (χ2n) is 7.21. The lowest BCUT2D eigenvalue weighted by atomic mass is 10.0. The Morgan fingerprint density at radius 2 is 2.03 bits per heavy atom. The quantitative estimate of drug-likeness (QED) is 0.644. The first-order chi connectivity index (χ1) is 13.9. The average molecular weight is 433 g/mol. The van der Waals surface area contributed by atoms with E-state index in [1.54, 1.807) is 24.8 Å². The molecule has 1 aliphatic heterocycles. The Hall–Kier alpha value is -2.23. The molecule has 9 heteroatoms. The van der Waals surface area contributed by atoms with Gasteiger partial charge in [0.05, 0.1) is 23.6 Å². The van der Waals surface area contributed by atoms with Gasteiger partial charge in [0.25, 0.3) is 0 Å². The molecule has 7 nitrogen and oxygen atoms in total. The maximum atomic E-state index is 11.6. The summed E-state index contributed by atoms with van der Waals surface area (Å²) in [6.45, 7) is 1.25. The van der Waals surface area contributed by atoms with Gasteiger partial charge in [-0.2, -0.15) is 0 Å². The van der Waals surface area contributed by atoms with Crippen molar-refractivity contribution in [3.05, 3.63) is 36.7 Å². The van der Waals surface area contributed by atoms with Crippen LogP contribution in [0.2, 0.25) is 0 Å². The molecule has 0 aliphatic carbocycles. The Labute approximate surface area is 174 Å². The first kappa shape index (κ1) is 20.1. The average Bonchev–Trinajstić information content (AvgIpc) is 3.16. The lowest BCUT2D eigenvalue weighted by Crippen LogP contribution is -2.47. The van der Waals surface area contributed by atoms with Crippen molar-refractivity contribution < 1.29 is 13.2 Å². The number of benzene rings is 1. The molecule has 0 bridgehead atoms. The van der Waals surface area contributed by atoms with Crippen LogP contribution in [-0.2, 0) is 10.0 Å². The van der Waals surface area contributed by atoms with Crippen molar-refractivity contribution in [2.24, 2.45) is 0 Å². The normalized spacial score (nSPS) is 17.6. The predicted octanol–water partition coefficient (Wildman–Crippen LogP) is 3.28. The fraction of sp³-hybridized carbons (Fsp3) is 0.400. The highest BCUT2D eigenvalue weighted by Gasteiger charge is 2.26. The van der Waals surface area contributed by atoms with E-state index >= 15 is 0 Å². The zero-order valence-electron chi connectivity index (χ0n) is 16.5. The van der Waals surface area contributed by atoms with Crippen molar-refractivity contribution in [2.45, 2.75) is 25.3 Å². The largest absolute Gasteiger partial charge is 0.497 e. The molecule has 0 saturated carbocycles. The summed E-state index contributed by atoms with van der Waals surface area (Å²) in [6.07, 6.45) is 5.88. The molecule has 1 aliphatic rings. The first-order valence-corrected chi connectivity index (χ1v) is 12.3. The molecule has 29 heavy (non-hydrogen) atoms. The maximum absolute atomic E-state index is 11.6. The monoisotopic (exact) mass is 432 g/mol. The molecule has 1 aromatic carbocycles. The molecule has 2 aromatic heterocycles. The highest BCUT2D eigenvalue weighted by atomic mass is 32.2. The summed E-state index contributed by atoms with van der Waals surface area (Å²) in [5.41, 5.74) is 2.01. The third-order valence-corrected chi connectivity index (χ3v) is 7.01. The third-order valence-electron chi connectivity index (χ3n) is 5.15. The summed E-state index contributed by atoms with van der Waals surface area (Å²) in [6, 6.07) is 10.1. The number of fused-ring (bicyclic) bond motifs is 1. The molecule has 154 valence electrons. The minimum Gasteiger partial charge on any atom is -0.497 e. The van der Waals surface area contributed by atoms with Gasteiger partial charge in [-0.25, -0.2) is 23.1 Å². The van der Waals surface area contributed by atoms with E-state index < -0.39 is 10.0 Å². The molecular weight excluding hydrogens is 408 g/mol. The number of ether oxygens (including phenoxy) is 1. The van der Waals surface area contributed by atoms with E-state index in [1.165, 1.54) is 6.26 Å². The molecule has 0 spiro atoms. The minimum atomic E-state index is -3.23. The van der Waals surface area contributed by atoms with Gasteiger partial charge < -0.3 is 9.64 Å². The van der Waals surface area contributed by atoms with Crippen LogP contribution in [0.15, 0.2) is 36.7 Å². The summed E-state index contributed by atoms with van der Waals surface area (Å²) < 4.78 is 32.1. The summed E-state index contributed by atoms with van der Waals surface area (Å²) in [5, 5.41) is 0. The van der Waals surface area contributed by atoms with Crippen LogP contribution in [0.25, 0.3) is 20.7 Å². The van der Waals surface area contributed by atoms with E-state index in [4.69, 9.17) is 4.74 Å². The molecular formula is C20H24N4O3S2. The van der Waals surface area contributed by atoms with Gasteiger partial charge in [0.15, 0.2) is 0 Å². The zero-order valence-corrected chi connectivity index (χ0v) is 18.1. The molecule has 3 heterocycles. The Bertz CT molecular complexity index is 1100. The Kier molecular flexibility index (Phi) is 5.71. The number of hydrogen-bond donors (Lipinski definition) is 1. The van der Waals surface area contributed by atoms with E-state index in [9.17, 15) is 8.42 Å². The lowest BCUT2D eigenvalue weighted by Gasteiger charge is -2.36. The third kappa shape index (κ3) is 4.52. The van der Waals surface area contributed by atoms with Crippen LogP contribution < -0.4 is 14.4 Å². The summed E-state index contributed by atoms with van der Waals surface area (Å²) in [5.74, 6) is 1.71. The number of thiophene rings is 1. The minimum absolute atomic E-state index is 0.0862. The molecule has 0 radical (unpaired) electrons. The smallest absolute Gasteiger partial charge is 0.208 e. The van der Waals surface area contributed by atoms with Crippen LogP contribution in [0, 0.1) is 0 Å². The van der Waals surface area contributed by atoms with E-state index in [0.717, 1.165) is 58.0 Å². The maximum Gasteiger partial charge on any atom is 0.208 e. The number of hydrogen-bond acceptors (Lipinski definition) is 7. The van der Waals surface area contributed by atoms with Gasteiger partial charge in [0, 0.05) is 24.0 Å². The second-order valence-corrected chi connectivity index (χ2v) is 10.1. The SMILES string of the molecule is COc1ccc(-c2cc3ncnc(N4CCCCC4CNS(C)(=O)=O)c3s2)cc1. The van der Waals surface area contributed by atoms with E-state index in [0.29, 0.717) is 6.54 Å².